The van der Waals surface area contributed by atoms with Crippen LogP contribution in [-0.4, -0.2) is 42.0 Å². The Morgan fingerprint density at radius 3 is 2.14 bits per heavy atom. The molecule has 1 aromatic heterocycles. The molecule has 0 aliphatic rings. The standard InChI is InChI=1S/C19H17N3O6/c1-26-15-8-12(9-16(27-2)18(15)28-3)17(23)14-10-20-19(21-14)11-4-6-13(7-5-11)22(24)25/h4-10H,1-3H3,(H,20,21). The number of ketones is 1. The number of nitrogens with one attached hydrogen (secondary N) is 1. The first-order chi connectivity index (χ1) is 13.5. The molecule has 9 nitrogen and oxygen atoms in total. The molecular formula is C19H17N3O6. The SMILES string of the molecule is COc1cc(C(=O)c2c[nH]c(-c3ccc([N+](=O)[O-])cc3)n2)cc(OC)c1OC. The van der Waals surface area contributed by atoms with Gasteiger partial charge in [0, 0.05) is 29.5 Å². The number of nitro groups is 1. The van der Waals surface area contributed by atoms with E-state index in [4.69, 9.17) is 14.2 Å². The van der Waals surface area contributed by atoms with Gasteiger partial charge in [0.15, 0.2) is 11.5 Å². The number of H-pyrrole nitrogens is 1. The lowest BCUT2D eigenvalue weighted by atomic mass is 10.1. The van der Waals surface area contributed by atoms with Crippen molar-refractivity contribution in [2.45, 2.75) is 0 Å². The molecule has 0 aliphatic heterocycles. The molecule has 1 N–H and O–H groups in total. The van der Waals surface area contributed by atoms with E-state index in [1.54, 1.807) is 24.3 Å². The Bertz CT molecular complexity index is 1000. The van der Waals surface area contributed by atoms with E-state index in [9.17, 15) is 14.9 Å². The van der Waals surface area contributed by atoms with Gasteiger partial charge in [-0.1, -0.05) is 0 Å². The van der Waals surface area contributed by atoms with Gasteiger partial charge in [0.05, 0.1) is 26.3 Å². The van der Waals surface area contributed by atoms with E-state index in [1.807, 2.05) is 0 Å². The first kappa shape index (κ1) is 18.9. The van der Waals surface area contributed by atoms with Crippen molar-refractivity contribution in [1.29, 1.82) is 0 Å². The molecule has 144 valence electrons. The second kappa shape index (κ2) is 7.78. The predicted molar refractivity (Wildman–Crippen MR) is 100 cm³/mol. The molecule has 0 radical (unpaired) electrons. The van der Waals surface area contributed by atoms with Crippen LogP contribution in [0.1, 0.15) is 16.1 Å². The summed E-state index contributed by atoms with van der Waals surface area (Å²) in [4.78, 5) is 30.3. The second-order valence-electron chi connectivity index (χ2n) is 5.68. The van der Waals surface area contributed by atoms with Crippen molar-refractivity contribution in [3.63, 3.8) is 0 Å². The molecule has 3 aromatic rings. The number of imidazole rings is 1. The quantitative estimate of drug-likeness (QED) is 0.378. The molecular weight excluding hydrogens is 366 g/mol. The van der Waals surface area contributed by atoms with E-state index in [0.29, 0.717) is 34.2 Å². The number of aromatic nitrogens is 2. The van der Waals surface area contributed by atoms with Gasteiger partial charge in [-0.2, -0.15) is 0 Å². The number of nitro benzene ring substituents is 1. The molecule has 0 saturated heterocycles. The maximum atomic E-state index is 12.8. The first-order valence-electron chi connectivity index (χ1n) is 8.13. The van der Waals surface area contributed by atoms with Crippen LogP contribution in [0, 0.1) is 10.1 Å². The number of aromatic amines is 1. The summed E-state index contributed by atoms with van der Waals surface area (Å²) in [7, 11) is 4.41. The maximum absolute atomic E-state index is 12.8. The van der Waals surface area contributed by atoms with Crippen LogP contribution in [-0.2, 0) is 0 Å². The highest BCUT2D eigenvalue weighted by Gasteiger charge is 2.20. The minimum absolute atomic E-state index is 0.0240. The molecule has 9 heteroatoms. The largest absolute Gasteiger partial charge is 0.493 e. The first-order valence-corrected chi connectivity index (χ1v) is 8.13. The van der Waals surface area contributed by atoms with E-state index in [-0.39, 0.29) is 17.2 Å². The molecule has 0 amide bonds. The van der Waals surface area contributed by atoms with Crippen molar-refractivity contribution in [3.8, 4) is 28.6 Å². The third kappa shape index (κ3) is 3.50. The molecule has 0 spiro atoms. The highest BCUT2D eigenvalue weighted by atomic mass is 16.6. The molecule has 0 saturated carbocycles. The maximum Gasteiger partial charge on any atom is 0.269 e. The predicted octanol–water partition coefficient (Wildman–Crippen LogP) is 3.24. The fourth-order valence-corrected chi connectivity index (χ4v) is 2.69. The van der Waals surface area contributed by atoms with E-state index >= 15 is 0 Å². The van der Waals surface area contributed by atoms with Gasteiger partial charge in [-0.05, 0) is 24.3 Å². The molecule has 28 heavy (non-hydrogen) atoms. The van der Waals surface area contributed by atoms with Crippen molar-refractivity contribution in [2.24, 2.45) is 0 Å². The van der Waals surface area contributed by atoms with E-state index < -0.39 is 4.92 Å². The Morgan fingerprint density at radius 2 is 1.64 bits per heavy atom. The van der Waals surface area contributed by atoms with Crippen LogP contribution in [0.5, 0.6) is 17.2 Å². The molecule has 3 rings (SSSR count). The zero-order chi connectivity index (χ0) is 20.3. The molecule has 1 heterocycles. The number of non-ortho nitro benzene ring substituents is 1. The molecule has 0 atom stereocenters. The second-order valence-corrected chi connectivity index (χ2v) is 5.68. The Hall–Kier alpha value is -3.88. The third-order valence-electron chi connectivity index (χ3n) is 4.09. The number of hydrogen-bond acceptors (Lipinski definition) is 7. The normalized spacial score (nSPS) is 10.4. The summed E-state index contributed by atoms with van der Waals surface area (Å²) >= 11 is 0. The lowest BCUT2D eigenvalue weighted by molar-refractivity contribution is -0.384. The highest BCUT2D eigenvalue weighted by molar-refractivity contribution is 6.08. The van der Waals surface area contributed by atoms with Crippen LogP contribution in [0.15, 0.2) is 42.6 Å². The van der Waals surface area contributed by atoms with Crippen molar-refractivity contribution in [2.75, 3.05) is 21.3 Å². The number of carbonyl (C=O) groups excluding carboxylic acids is 1. The van der Waals surface area contributed by atoms with Crippen molar-refractivity contribution >= 4 is 11.5 Å². The number of hydrogen-bond donors (Lipinski definition) is 1. The monoisotopic (exact) mass is 383 g/mol. The highest BCUT2D eigenvalue weighted by Crippen LogP contribution is 2.38. The Balaban J connectivity index is 1.93. The summed E-state index contributed by atoms with van der Waals surface area (Å²) in [5, 5.41) is 10.8. The molecule has 0 fully saturated rings. The van der Waals surface area contributed by atoms with Crippen LogP contribution in [0.4, 0.5) is 5.69 Å². The number of rotatable bonds is 7. The summed E-state index contributed by atoms with van der Waals surface area (Å²) in [6.07, 6.45) is 1.47. The lowest BCUT2D eigenvalue weighted by Crippen LogP contribution is -2.04. The number of ether oxygens (including phenoxy) is 3. The van der Waals surface area contributed by atoms with E-state index in [0.717, 1.165) is 0 Å². The smallest absolute Gasteiger partial charge is 0.269 e. The summed E-state index contributed by atoms with van der Waals surface area (Å²) in [6.45, 7) is 0. The van der Waals surface area contributed by atoms with Crippen LogP contribution in [0.2, 0.25) is 0 Å². The van der Waals surface area contributed by atoms with Gasteiger partial charge in [0.25, 0.3) is 5.69 Å². The number of nitrogens with zero attached hydrogens (tertiary/aromatic N) is 2. The fourth-order valence-electron chi connectivity index (χ4n) is 2.69. The van der Waals surface area contributed by atoms with Gasteiger partial charge < -0.3 is 19.2 Å². The van der Waals surface area contributed by atoms with Gasteiger partial charge in [-0.15, -0.1) is 0 Å². The Labute approximate surface area is 160 Å². The lowest BCUT2D eigenvalue weighted by Gasteiger charge is -2.13. The van der Waals surface area contributed by atoms with Crippen LogP contribution < -0.4 is 14.2 Å². The van der Waals surface area contributed by atoms with E-state index in [2.05, 4.69) is 9.97 Å². The summed E-state index contributed by atoms with van der Waals surface area (Å²) in [6, 6.07) is 8.96. The van der Waals surface area contributed by atoms with Crippen molar-refractivity contribution in [3.05, 3.63) is 64.0 Å². The number of methoxy groups -OCH3 is 3. The van der Waals surface area contributed by atoms with Gasteiger partial charge in [-0.3, -0.25) is 14.9 Å². The minimum atomic E-state index is -0.481. The zero-order valence-electron chi connectivity index (χ0n) is 15.4. The van der Waals surface area contributed by atoms with Crippen molar-refractivity contribution < 1.29 is 23.9 Å². The molecule has 0 bridgehead atoms. The summed E-state index contributed by atoms with van der Waals surface area (Å²) < 4.78 is 15.8. The van der Waals surface area contributed by atoms with Gasteiger partial charge in [0.1, 0.15) is 11.5 Å². The summed E-state index contributed by atoms with van der Waals surface area (Å²) in [5.74, 6) is 1.18. The molecule has 0 unspecified atom stereocenters. The van der Waals surface area contributed by atoms with Gasteiger partial charge >= 0.3 is 0 Å². The number of benzene rings is 2. The van der Waals surface area contributed by atoms with Crippen LogP contribution >= 0.6 is 0 Å². The fraction of sp³-hybridized carbons (Fsp3) is 0.158. The minimum Gasteiger partial charge on any atom is -0.493 e. The van der Waals surface area contributed by atoms with Gasteiger partial charge in [-0.25, -0.2) is 4.98 Å². The Kier molecular flexibility index (Phi) is 5.25. The number of carbonyl (C=O) groups is 1. The topological polar surface area (TPSA) is 117 Å². The van der Waals surface area contributed by atoms with Crippen LogP contribution in [0.3, 0.4) is 0 Å². The average Bonchev–Trinajstić information content (AvgIpc) is 3.22. The van der Waals surface area contributed by atoms with Crippen LogP contribution in [0.25, 0.3) is 11.4 Å². The summed E-state index contributed by atoms with van der Waals surface area (Å²) in [5.41, 5.74) is 1.09. The average molecular weight is 383 g/mol. The molecule has 2 aromatic carbocycles. The zero-order valence-corrected chi connectivity index (χ0v) is 15.4. The Morgan fingerprint density at radius 1 is 1.04 bits per heavy atom. The molecule has 0 aliphatic carbocycles. The third-order valence-corrected chi connectivity index (χ3v) is 4.09. The van der Waals surface area contributed by atoms with Gasteiger partial charge in [0.2, 0.25) is 11.5 Å². The van der Waals surface area contributed by atoms with E-state index in [1.165, 1.54) is 39.7 Å². The van der Waals surface area contributed by atoms with Crippen molar-refractivity contribution in [1.82, 2.24) is 9.97 Å².